The van der Waals surface area contributed by atoms with Crippen LogP contribution in [0.5, 0.6) is 0 Å². The van der Waals surface area contributed by atoms with Gasteiger partial charge in [-0.3, -0.25) is 0 Å². The van der Waals surface area contributed by atoms with Crippen molar-refractivity contribution < 1.29 is 8.42 Å². The number of tetrazole rings is 1. The summed E-state index contributed by atoms with van der Waals surface area (Å²) in [5.74, 6) is 0.113. The smallest absolute Gasteiger partial charge is 0.216 e. The number of H-pyrrole nitrogens is 1. The molecular weight excluding hydrogens is 328 g/mol. The zero-order chi connectivity index (χ0) is 16.3. The van der Waals surface area contributed by atoms with Crippen LogP contribution in [0.1, 0.15) is 11.4 Å². The zero-order valence-electron chi connectivity index (χ0n) is 11.6. The summed E-state index contributed by atoms with van der Waals surface area (Å²) in [6.07, 6.45) is 2.44. The molecule has 0 fully saturated rings. The number of allylic oxidation sites excluding steroid dienone is 1. The molecule has 0 spiro atoms. The number of rotatable bonds is 4. The fourth-order valence-corrected chi connectivity index (χ4v) is 2.51. The molecule has 2 aromatic rings. The molecule has 0 radical (unpaired) electrons. The van der Waals surface area contributed by atoms with Gasteiger partial charge in [0.05, 0.1) is 15.6 Å². The largest absolute Gasteiger partial charge is 0.359 e. The number of hydrogen-bond donors (Lipinski definition) is 2. The van der Waals surface area contributed by atoms with Gasteiger partial charge in [0.25, 0.3) is 0 Å². The third kappa shape index (κ3) is 3.41. The van der Waals surface area contributed by atoms with Crippen molar-refractivity contribution >= 4 is 32.7 Å². The van der Waals surface area contributed by atoms with E-state index in [1.54, 1.807) is 6.92 Å². The van der Waals surface area contributed by atoms with Gasteiger partial charge in [-0.1, -0.05) is 11.6 Å². The first-order chi connectivity index (χ1) is 10.3. The van der Waals surface area contributed by atoms with Gasteiger partial charge in [-0.05, 0) is 29.8 Å². The highest BCUT2D eigenvalue weighted by Crippen LogP contribution is 2.29. The zero-order valence-corrected chi connectivity index (χ0v) is 13.2. The second kappa shape index (κ2) is 6.13. The maximum atomic E-state index is 11.7. The van der Waals surface area contributed by atoms with Crippen LogP contribution < -0.4 is 5.32 Å². The van der Waals surface area contributed by atoms with Crippen molar-refractivity contribution in [3.8, 4) is 6.07 Å². The molecule has 114 valence electrons. The predicted octanol–water partition coefficient (Wildman–Crippen LogP) is 1.54. The summed E-state index contributed by atoms with van der Waals surface area (Å²) in [4.78, 5) is 0.128. The molecule has 22 heavy (non-hydrogen) atoms. The standard InChI is InChI=1S/C12H11ClN6O2S/c1-7-3-9(22(2,20)21)4-10(11(7)13)15-6-8(5-14)12-16-18-19-17-12/h3-4,6,15H,1-2H3,(H,16,17,18,19). The van der Waals surface area contributed by atoms with Gasteiger partial charge in [0.2, 0.25) is 5.82 Å². The predicted molar refractivity (Wildman–Crippen MR) is 80.7 cm³/mol. The highest BCUT2D eigenvalue weighted by atomic mass is 35.5. The van der Waals surface area contributed by atoms with Crippen LogP contribution in [0.4, 0.5) is 5.69 Å². The maximum absolute atomic E-state index is 11.7. The van der Waals surface area contributed by atoms with Gasteiger partial charge in [0.15, 0.2) is 9.84 Å². The minimum absolute atomic E-state index is 0.113. The Kier molecular flexibility index (Phi) is 4.44. The monoisotopic (exact) mass is 338 g/mol. The summed E-state index contributed by atoms with van der Waals surface area (Å²) in [7, 11) is -3.38. The fourth-order valence-electron chi connectivity index (χ4n) is 1.63. The Morgan fingerprint density at radius 1 is 1.50 bits per heavy atom. The van der Waals surface area contributed by atoms with E-state index in [2.05, 4.69) is 25.9 Å². The van der Waals surface area contributed by atoms with E-state index in [0.717, 1.165) is 6.26 Å². The van der Waals surface area contributed by atoms with Gasteiger partial charge in [0.1, 0.15) is 11.6 Å². The van der Waals surface area contributed by atoms with Crippen molar-refractivity contribution in [2.24, 2.45) is 0 Å². The van der Waals surface area contributed by atoms with E-state index >= 15 is 0 Å². The number of aromatic amines is 1. The minimum Gasteiger partial charge on any atom is -0.359 e. The first-order valence-electron chi connectivity index (χ1n) is 5.93. The van der Waals surface area contributed by atoms with E-state index in [0.29, 0.717) is 16.3 Å². The van der Waals surface area contributed by atoms with Crippen LogP contribution in [0, 0.1) is 18.3 Å². The molecule has 0 bridgehead atoms. The molecule has 8 nitrogen and oxygen atoms in total. The Bertz CT molecular complexity index is 868. The molecular formula is C12H11ClN6O2S. The van der Waals surface area contributed by atoms with E-state index in [-0.39, 0.29) is 16.3 Å². The Morgan fingerprint density at radius 2 is 2.23 bits per heavy atom. The minimum atomic E-state index is -3.38. The van der Waals surface area contributed by atoms with Crippen molar-refractivity contribution in [2.45, 2.75) is 11.8 Å². The molecule has 0 atom stereocenters. The van der Waals surface area contributed by atoms with Crippen LogP contribution in [0.25, 0.3) is 5.57 Å². The molecule has 0 aliphatic rings. The SMILES string of the molecule is Cc1cc(S(C)(=O)=O)cc(NC=C(C#N)c2nn[nH]n2)c1Cl. The molecule has 10 heteroatoms. The van der Waals surface area contributed by atoms with Crippen LogP contribution in [0.15, 0.2) is 23.2 Å². The highest BCUT2D eigenvalue weighted by molar-refractivity contribution is 7.90. The number of sulfone groups is 1. The average molecular weight is 339 g/mol. The summed E-state index contributed by atoms with van der Waals surface area (Å²) in [5, 5.41) is 25.2. The summed E-state index contributed by atoms with van der Waals surface area (Å²) in [6, 6.07) is 4.78. The number of aromatic nitrogens is 4. The summed E-state index contributed by atoms with van der Waals surface area (Å²) in [5.41, 5.74) is 1.07. The molecule has 1 heterocycles. The van der Waals surface area contributed by atoms with Gasteiger partial charge in [0, 0.05) is 12.5 Å². The van der Waals surface area contributed by atoms with E-state index in [1.165, 1.54) is 18.3 Å². The lowest BCUT2D eigenvalue weighted by Crippen LogP contribution is -2.01. The summed E-state index contributed by atoms with van der Waals surface area (Å²) < 4.78 is 23.3. The third-order valence-electron chi connectivity index (χ3n) is 2.73. The molecule has 0 saturated heterocycles. The lowest BCUT2D eigenvalue weighted by Gasteiger charge is -2.10. The molecule has 0 saturated carbocycles. The lowest BCUT2D eigenvalue weighted by molar-refractivity contribution is 0.602. The van der Waals surface area contributed by atoms with Crippen LogP contribution in [0.3, 0.4) is 0 Å². The average Bonchev–Trinajstić information content (AvgIpc) is 2.96. The van der Waals surface area contributed by atoms with Crippen molar-refractivity contribution in [3.63, 3.8) is 0 Å². The molecule has 2 N–H and O–H groups in total. The lowest BCUT2D eigenvalue weighted by atomic mass is 10.2. The quantitative estimate of drug-likeness (QED) is 0.810. The first kappa shape index (κ1) is 15.9. The molecule has 1 aromatic carbocycles. The number of benzene rings is 1. The fraction of sp³-hybridized carbons (Fsp3) is 0.167. The molecule has 2 rings (SSSR count). The number of halogens is 1. The highest BCUT2D eigenvalue weighted by Gasteiger charge is 2.13. The van der Waals surface area contributed by atoms with E-state index in [4.69, 9.17) is 16.9 Å². The second-order valence-corrected chi connectivity index (χ2v) is 6.82. The van der Waals surface area contributed by atoms with Crippen molar-refractivity contribution in [3.05, 3.63) is 34.7 Å². The van der Waals surface area contributed by atoms with Crippen LogP contribution in [0.2, 0.25) is 5.02 Å². The van der Waals surface area contributed by atoms with Crippen LogP contribution >= 0.6 is 11.6 Å². The Morgan fingerprint density at radius 3 is 2.77 bits per heavy atom. The molecule has 0 aliphatic heterocycles. The third-order valence-corrected chi connectivity index (χ3v) is 4.33. The Labute approximate surface area is 131 Å². The number of nitriles is 1. The number of aryl methyl sites for hydroxylation is 1. The van der Waals surface area contributed by atoms with Gasteiger partial charge >= 0.3 is 0 Å². The van der Waals surface area contributed by atoms with Crippen LogP contribution in [-0.4, -0.2) is 35.3 Å². The number of hydrogen-bond acceptors (Lipinski definition) is 7. The Hall–Kier alpha value is -2.44. The van der Waals surface area contributed by atoms with E-state index in [1.807, 2.05) is 6.07 Å². The number of nitrogens with zero attached hydrogens (tertiary/aromatic N) is 4. The normalized spacial score (nSPS) is 12.0. The van der Waals surface area contributed by atoms with Crippen molar-refractivity contribution in [1.82, 2.24) is 20.6 Å². The summed E-state index contributed by atoms with van der Waals surface area (Å²) in [6.45, 7) is 1.69. The topological polar surface area (TPSA) is 124 Å². The molecule has 1 aromatic heterocycles. The van der Waals surface area contributed by atoms with Gasteiger partial charge in [-0.15, -0.1) is 10.2 Å². The van der Waals surface area contributed by atoms with Gasteiger partial charge in [-0.2, -0.15) is 10.5 Å². The van der Waals surface area contributed by atoms with E-state index < -0.39 is 9.84 Å². The maximum Gasteiger partial charge on any atom is 0.216 e. The molecule has 0 aliphatic carbocycles. The van der Waals surface area contributed by atoms with Crippen molar-refractivity contribution in [1.29, 1.82) is 5.26 Å². The van der Waals surface area contributed by atoms with Gasteiger partial charge in [-0.25, -0.2) is 8.42 Å². The van der Waals surface area contributed by atoms with E-state index in [9.17, 15) is 8.42 Å². The number of anilines is 1. The summed E-state index contributed by atoms with van der Waals surface area (Å²) >= 11 is 6.15. The number of nitrogens with one attached hydrogen (secondary N) is 2. The van der Waals surface area contributed by atoms with Crippen molar-refractivity contribution in [2.75, 3.05) is 11.6 Å². The molecule has 0 unspecified atom stereocenters. The van der Waals surface area contributed by atoms with Gasteiger partial charge < -0.3 is 5.32 Å². The second-order valence-electron chi connectivity index (χ2n) is 4.42. The first-order valence-corrected chi connectivity index (χ1v) is 8.20. The van der Waals surface area contributed by atoms with Crippen LogP contribution in [-0.2, 0) is 9.84 Å². The molecule has 0 amide bonds. The Balaban J connectivity index is 2.42.